The molecule has 0 atom stereocenters. The van der Waals surface area contributed by atoms with Gasteiger partial charge in [-0.25, -0.2) is 9.97 Å². The van der Waals surface area contributed by atoms with Gasteiger partial charge in [-0.1, -0.05) is 0 Å². The molecular formula is C14H22N5O+. The minimum absolute atomic E-state index is 0.577. The van der Waals surface area contributed by atoms with Gasteiger partial charge >= 0.3 is 0 Å². The van der Waals surface area contributed by atoms with Crippen molar-refractivity contribution in [3.63, 3.8) is 0 Å². The van der Waals surface area contributed by atoms with Crippen LogP contribution < -0.4 is 10.6 Å². The van der Waals surface area contributed by atoms with E-state index in [9.17, 15) is 0 Å². The number of hydrogen-bond donors (Lipinski definition) is 2. The first-order chi connectivity index (χ1) is 9.68. The molecule has 0 radical (unpaired) electrons. The molecule has 3 N–H and O–H groups in total. The van der Waals surface area contributed by atoms with Crippen LogP contribution in [0.25, 0.3) is 11.0 Å². The fourth-order valence-corrected chi connectivity index (χ4v) is 2.95. The molecule has 20 heavy (non-hydrogen) atoms. The molecular weight excluding hydrogens is 254 g/mol. The van der Waals surface area contributed by atoms with Crippen molar-refractivity contribution in [3.8, 4) is 0 Å². The molecule has 108 valence electrons. The summed E-state index contributed by atoms with van der Waals surface area (Å²) in [5, 5.41) is 1.00. The number of nitrogens with zero attached hydrogens (tertiary/aromatic N) is 3. The summed E-state index contributed by atoms with van der Waals surface area (Å²) in [6, 6.07) is 0. The molecule has 6 heteroatoms. The minimum Gasteiger partial charge on any atom is -0.383 e. The monoisotopic (exact) mass is 276 g/mol. The first-order valence-corrected chi connectivity index (χ1v) is 7.15. The van der Waals surface area contributed by atoms with E-state index in [0.717, 1.165) is 50.4 Å². The lowest BCUT2D eigenvalue weighted by molar-refractivity contribution is -0.908. The molecule has 1 aliphatic rings. The van der Waals surface area contributed by atoms with Crippen LogP contribution in [0.1, 0.15) is 11.3 Å². The first kappa shape index (κ1) is 13.3. The van der Waals surface area contributed by atoms with Gasteiger partial charge in [-0.2, -0.15) is 0 Å². The maximum atomic E-state index is 5.99. The Hall–Kier alpha value is -1.66. The van der Waals surface area contributed by atoms with Gasteiger partial charge in [0.1, 0.15) is 30.9 Å². The van der Waals surface area contributed by atoms with Crippen molar-refractivity contribution >= 4 is 16.9 Å². The van der Waals surface area contributed by atoms with E-state index in [1.807, 2.05) is 0 Å². The molecule has 3 heterocycles. The molecule has 1 saturated heterocycles. The lowest BCUT2D eigenvalue weighted by Crippen LogP contribution is -3.14. The van der Waals surface area contributed by atoms with E-state index in [1.54, 1.807) is 11.2 Å². The molecule has 1 fully saturated rings. The van der Waals surface area contributed by atoms with E-state index in [4.69, 9.17) is 10.5 Å². The number of aromatic nitrogens is 3. The highest BCUT2D eigenvalue weighted by molar-refractivity contribution is 5.90. The minimum atomic E-state index is 0.577. The van der Waals surface area contributed by atoms with Gasteiger partial charge in [0.15, 0.2) is 0 Å². The summed E-state index contributed by atoms with van der Waals surface area (Å²) in [5.74, 6) is 0.577. The van der Waals surface area contributed by atoms with Crippen molar-refractivity contribution in [2.45, 2.75) is 20.4 Å². The van der Waals surface area contributed by atoms with Crippen LogP contribution >= 0.6 is 0 Å². The standard InChI is InChI=1S/C14H21N5O/c1-10-11(2)19(4-3-18-5-7-20-8-6-18)14-12(10)13(15)16-9-17-14/h9H,3-8H2,1-2H3,(H2,15,16,17)/p+1. The number of morpholine rings is 1. The molecule has 0 saturated carbocycles. The average molecular weight is 276 g/mol. The number of rotatable bonds is 3. The van der Waals surface area contributed by atoms with Crippen LogP contribution in [0.4, 0.5) is 5.82 Å². The summed E-state index contributed by atoms with van der Waals surface area (Å²) in [7, 11) is 0. The van der Waals surface area contributed by atoms with E-state index in [1.165, 1.54) is 11.3 Å². The largest absolute Gasteiger partial charge is 0.383 e. The third-order valence-electron chi connectivity index (χ3n) is 4.32. The lowest BCUT2D eigenvalue weighted by atomic mass is 10.2. The Balaban J connectivity index is 1.87. The lowest BCUT2D eigenvalue weighted by Gasteiger charge is -2.24. The second-order valence-electron chi connectivity index (χ2n) is 5.43. The molecule has 0 unspecified atom stereocenters. The van der Waals surface area contributed by atoms with Crippen LogP contribution in [0.3, 0.4) is 0 Å². The van der Waals surface area contributed by atoms with E-state index >= 15 is 0 Å². The number of nitrogens with two attached hydrogens (primary N) is 1. The maximum Gasteiger partial charge on any atom is 0.146 e. The number of anilines is 1. The molecule has 3 rings (SSSR count). The topological polar surface area (TPSA) is 70.4 Å². The fourth-order valence-electron chi connectivity index (χ4n) is 2.95. The van der Waals surface area contributed by atoms with Crippen LogP contribution in [0, 0.1) is 13.8 Å². The highest BCUT2D eigenvalue weighted by atomic mass is 16.5. The summed E-state index contributed by atoms with van der Waals surface area (Å²) in [6.07, 6.45) is 1.55. The van der Waals surface area contributed by atoms with Gasteiger partial charge in [0.05, 0.1) is 31.7 Å². The first-order valence-electron chi connectivity index (χ1n) is 7.15. The summed E-state index contributed by atoms with van der Waals surface area (Å²) in [5.41, 5.74) is 9.38. The van der Waals surface area contributed by atoms with Crippen molar-refractivity contribution in [1.82, 2.24) is 14.5 Å². The summed E-state index contributed by atoms with van der Waals surface area (Å²) in [6.45, 7) is 10.2. The zero-order chi connectivity index (χ0) is 14.1. The fraction of sp³-hybridized carbons (Fsp3) is 0.571. The molecule has 1 aliphatic heterocycles. The molecule has 0 amide bonds. The number of nitrogens with one attached hydrogen (secondary N) is 1. The van der Waals surface area contributed by atoms with Gasteiger partial charge in [-0.3, -0.25) is 0 Å². The number of ether oxygens (including phenoxy) is 1. The Morgan fingerprint density at radius 3 is 2.80 bits per heavy atom. The highest BCUT2D eigenvalue weighted by Crippen LogP contribution is 2.26. The van der Waals surface area contributed by atoms with Crippen LogP contribution in [0.15, 0.2) is 6.33 Å². The molecule has 6 nitrogen and oxygen atoms in total. The predicted octanol–water partition coefficient (Wildman–Crippen LogP) is -0.455. The van der Waals surface area contributed by atoms with E-state index < -0.39 is 0 Å². The zero-order valence-electron chi connectivity index (χ0n) is 12.1. The van der Waals surface area contributed by atoms with Gasteiger partial charge in [-0.15, -0.1) is 0 Å². The van der Waals surface area contributed by atoms with Crippen molar-refractivity contribution in [3.05, 3.63) is 17.6 Å². The Morgan fingerprint density at radius 2 is 2.05 bits per heavy atom. The van der Waals surface area contributed by atoms with E-state index in [-0.39, 0.29) is 0 Å². The number of aryl methyl sites for hydroxylation is 1. The molecule has 0 bridgehead atoms. The molecule has 0 spiro atoms. The molecule has 2 aromatic heterocycles. The van der Waals surface area contributed by atoms with Crippen LogP contribution in [-0.4, -0.2) is 47.4 Å². The normalized spacial score (nSPS) is 16.9. The summed E-state index contributed by atoms with van der Waals surface area (Å²) >= 11 is 0. The number of nitrogen functional groups attached to an aromatic ring is 1. The molecule has 0 aromatic carbocycles. The highest BCUT2D eigenvalue weighted by Gasteiger charge is 2.18. The van der Waals surface area contributed by atoms with Crippen molar-refractivity contribution < 1.29 is 9.64 Å². The van der Waals surface area contributed by atoms with Crippen molar-refractivity contribution in [1.29, 1.82) is 0 Å². The number of quaternary nitrogens is 1. The Morgan fingerprint density at radius 1 is 1.30 bits per heavy atom. The number of hydrogen-bond acceptors (Lipinski definition) is 4. The van der Waals surface area contributed by atoms with Gasteiger partial charge in [-0.05, 0) is 19.4 Å². The van der Waals surface area contributed by atoms with Gasteiger partial charge in [0.25, 0.3) is 0 Å². The zero-order valence-corrected chi connectivity index (χ0v) is 12.1. The van der Waals surface area contributed by atoms with Crippen LogP contribution in [0.5, 0.6) is 0 Å². The Kier molecular flexibility index (Phi) is 3.58. The second kappa shape index (κ2) is 5.38. The summed E-state index contributed by atoms with van der Waals surface area (Å²) < 4.78 is 7.67. The van der Waals surface area contributed by atoms with E-state index in [2.05, 4.69) is 28.4 Å². The molecule has 2 aromatic rings. The number of fused-ring (bicyclic) bond motifs is 1. The maximum absolute atomic E-state index is 5.99. The Labute approximate surface area is 118 Å². The van der Waals surface area contributed by atoms with E-state index in [0.29, 0.717) is 5.82 Å². The SMILES string of the molecule is Cc1c(C)n(CC[NH+]2CCOCC2)c2ncnc(N)c12. The molecule has 0 aliphatic carbocycles. The van der Waals surface area contributed by atoms with Crippen LogP contribution in [0.2, 0.25) is 0 Å². The van der Waals surface area contributed by atoms with Gasteiger partial charge in [0.2, 0.25) is 0 Å². The summed E-state index contributed by atoms with van der Waals surface area (Å²) in [4.78, 5) is 10.1. The average Bonchev–Trinajstić information content (AvgIpc) is 2.71. The predicted molar refractivity (Wildman–Crippen MR) is 77.8 cm³/mol. The van der Waals surface area contributed by atoms with Crippen molar-refractivity contribution in [2.75, 3.05) is 38.6 Å². The van der Waals surface area contributed by atoms with Gasteiger partial charge < -0.3 is 19.9 Å². The van der Waals surface area contributed by atoms with Crippen molar-refractivity contribution in [2.24, 2.45) is 0 Å². The third kappa shape index (κ3) is 2.25. The van der Waals surface area contributed by atoms with Crippen LogP contribution in [-0.2, 0) is 11.3 Å². The Bertz CT molecular complexity index is 616. The quantitative estimate of drug-likeness (QED) is 0.796. The smallest absolute Gasteiger partial charge is 0.146 e. The van der Waals surface area contributed by atoms with Gasteiger partial charge in [0, 0.05) is 5.69 Å². The second-order valence-corrected chi connectivity index (χ2v) is 5.43. The third-order valence-corrected chi connectivity index (χ3v) is 4.32.